The first-order valence-corrected chi connectivity index (χ1v) is 8.12. The SMILES string of the molecule is CCCCNC(=O)c1cc(C)nc(Nc2cccc(C(=O)OC)c2)n1. The van der Waals surface area contributed by atoms with Crippen molar-refractivity contribution < 1.29 is 14.3 Å². The number of rotatable bonds is 7. The number of amides is 1. The smallest absolute Gasteiger partial charge is 0.337 e. The topological polar surface area (TPSA) is 93.2 Å². The largest absolute Gasteiger partial charge is 0.465 e. The zero-order valence-corrected chi connectivity index (χ0v) is 14.6. The van der Waals surface area contributed by atoms with E-state index < -0.39 is 5.97 Å². The second-order valence-electron chi connectivity index (χ2n) is 5.53. The van der Waals surface area contributed by atoms with Gasteiger partial charge in [0, 0.05) is 17.9 Å². The molecular weight excluding hydrogens is 320 g/mol. The maximum Gasteiger partial charge on any atom is 0.337 e. The van der Waals surface area contributed by atoms with Crippen molar-refractivity contribution in [2.45, 2.75) is 26.7 Å². The fraction of sp³-hybridized carbons (Fsp3) is 0.333. The molecule has 2 rings (SSSR count). The first-order valence-electron chi connectivity index (χ1n) is 8.12. The molecule has 0 spiro atoms. The van der Waals surface area contributed by atoms with E-state index in [0.29, 0.717) is 35.1 Å². The van der Waals surface area contributed by atoms with Gasteiger partial charge in [-0.05, 0) is 37.6 Å². The average molecular weight is 342 g/mol. The van der Waals surface area contributed by atoms with Gasteiger partial charge in [0.15, 0.2) is 0 Å². The van der Waals surface area contributed by atoms with E-state index in [9.17, 15) is 9.59 Å². The highest BCUT2D eigenvalue weighted by atomic mass is 16.5. The lowest BCUT2D eigenvalue weighted by Gasteiger charge is -2.09. The van der Waals surface area contributed by atoms with E-state index in [1.165, 1.54) is 7.11 Å². The van der Waals surface area contributed by atoms with E-state index in [2.05, 4.69) is 27.5 Å². The van der Waals surface area contributed by atoms with Gasteiger partial charge >= 0.3 is 5.97 Å². The highest BCUT2D eigenvalue weighted by Gasteiger charge is 2.11. The lowest BCUT2D eigenvalue weighted by Crippen LogP contribution is -2.25. The van der Waals surface area contributed by atoms with Gasteiger partial charge in [0.25, 0.3) is 5.91 Å². The second kappa shape index (κ2) is 8.77. The molecule has 0 bridgehead atoms. The highest BCUT2D eigenvalue weighted by molar-refractivity contribution is 5.93. The summed E-state index contributed by atoms with van der Waals surface area (Å²) in [4.78, 5) is 32.3. The van der Waals surface area contributed by atoms with Gasteiger partial charge in [-0.3, -0.25) is 4.79 Å². The number of hydrogen-bond acceptors (Lipinski definition) is 6. The molecule has 132 valence electrons. The van der Waals surface area contributed by atoms with E-state index >= 15 is 0 Å². The molecule has 0 fully saturated rings. The summed E-state index contributed by atoms with van der Waals surface area (Å²) in [5, 5.41) is 5.85. The summed E-state index contributed by atoms with van der Waals surface area (Å²) in [5.74, 6) is -0.363. The number of esters is 1. The van der Waals surface area contributed by atoms with Crippen LogP contribution >= 0.6 is 0 Å². The summed E-state index contributed by atoms with van der Waals surface area (Å²) in [6.45, 7) is 4.47. The van der Waals surface area contributed by atoms with Crippen molar-refractivity contribution in [3.05, 3.63) is 47.3 Å². The molecule has 7 heteroatoms. The molecule has 0 unspecified atom stereocenters. The van der Waals surface area contributed by atoms with Crippen molar-refractivity contribution in [3.63, 3.8) is 0 Å². The molecule has 1 heterocycles. The normalized spacial score (nSPS) is 10.2. The molecule has 1 amide bonds. The van der Waals surface area contributed by atoms with Gasteiger partial charge in [0.1, 0.15) is 5.69 Å². The third-order valence-corrected chi connectivity index (χ3v) is 3.44. The first-order chi connectivity index (χ1) is 12.0. The Bertz CT molecular complexity index is 762. The summed E-state index contributed by atoms with van der Waals surface area (Å²) in [6.07, 6.45) is 1.92. The van der Waals surface area contributed by atoms with E-state index in [0.717, 1.165) is 12.8 Å². The second-order valence-corrected chi connectivity index (χ2v) is 5.53. The van der Waals surface area contributed by atoms with E-state index in [1.54, 1.807) is 37.3 Å². The van der Waals surface area contributed by atoms with Gasteiger partial charge in [-0.15, -0.1) is 0 Å². The molecule has 25 heavy (non-hydrogen) atoms. The summed E-state index contributed by atoms with van der Waals surface area (Å²) in [6, 6.07) is 8.43. The van der Waals surface area contributed by atoms with Crippen LogP contribution in [-0.4, -0.2) is 35.5 Å². The Morgan fingerprint density at radius 1 is 1.20 bits per heavy atom. The summed E-state index contributed by atoms with van der Waals surface area (Å²) in [7, 11) is 1.33. The molecule has 0 aliphatic carbocycles. The Morgan fingerprint density at radius 3 is 2.72 bits per heavy atom. The maximum absolute atomic E-state index is 12.2. The number of ether oxygens (including phenoxy) is 1. The van der Waals surface area contributed by atoms with Gasteiger partial charge in [-0.1, -0.05) is 19.4 Å². The third-order valence-electron chi connectivity index (χ3n) is 3.44. The number of benzene rings is 1. The number of methoxy groups -OCH3 is 1. The quantitative estimate of drug-likeness (QED) is 0.594. The Hall–Kier alpha value is -2.96. The summed E-state index contributed by atoms with van der Waals surface area (Å²) >= 11 is 0. The zero-order valence-electron chi connectivity index (χ0n) is 14.6. The molecule has 2 N–H and O–H groups in total. The fourth-order valence-corrected chi connectivity index (χ4v) is 2.18. The molecule has 0 saturated heterocycles. The third kappa shape index (κ3) is 5.27. The van der Waals surface area contributed by atoms with Crippen molar-refractivity contribution in [3.8, 4) is 0 Å². The highest BCUT2D eigenvalue weighted by Crippen LogP contribution is 2.16. The predicted molar refractivity (Wildman–Crippen MR) is 95.1 cm³/mol. The predicted octanol–water partition coefficient (Wildman–Crippen LogP) is 2.85. The summed E-state index contributed by atoms with van der Waals surface area (Å²) in [5.41, 5.74) is 2.01. The van der Waals surface area contributed by atoms with Crippen LogP contribution in [0.5, 0.6) is 0 Å². The maximum atomic E-state index is 12.2. The number of carbonyl (C=O) groups is 2. The number of aryl methyl sites for hydroxylation is 1. The van der Waals surface area contributed by atoms with Gasteiger partial charge in [-0.25, -0.2) is 14.8 Å². The standard InChI is InChI=1S/C18H22N4O3/c1-4-5-9-19-16(23)15-10-12(2)20-18(22-15)21-14-8-6-7-13(11-14)17(24)25-3/h6-8,10-11H,4-5,9H2,1-3H3,(H,19,23)(H,20,21,22). The molecule has 0 saturated carbocycles. The Balaban J connectivity index is 2.17. The number of aromatic nitrogens is 2. The molecule has 2 aromatic rings. The number of nitrogens with zero attached hydrogens (tertiary/aromatic N) is 2. The molecular formula is C18H22N4O3. The molecule has 0 aliphatic heterocycles. The van der Waals surface area contributed by atoms with E-state index in [-0.39, 0.29) is 5.91 Å². The van der Waals surface area contributed by atoms with E-state index in [4.69, 9.17) is 4.74 Å². The van der Waals surface area contributed by atoms with Crippen molar-refractivity contribution in [2.75, 3.05) is 19.0 Å². The van der Waals surface area contributed by atoms with Crippen LogP contribution in [0.4, 0.5) is 11.6 Å². The number of unbranched alkanes of at least 4 members (excludes halogenated alkanes) is 1. The fourth-order valence-electron chi connectivity index (χ4n) is 2.18. The summed E-state index contributed by atoms with van der Waals surface area (Å²) < 4.78 is 4.71. The lowest BCUT2D eigenvalue weighted by atomic mass is 10.2. The minimum atomic E-state index is -0.426. The zero-order chi connectivity index (χ0) is 18.2. The van der Waals surface area contributed by atoms with Gasteiger partial charge < -0.3 is 15.4 Å². The van der Waals surface area contributed by atoms with Crippen LogP contribution in [0.25, 0.3) is 0 Å². The molecule has 0 aliphatic rings. The molecule has 7 nitrogen and oxygen atoms in total. The molecule has 0 radical (unpaired) electrons. The van der Waals surface area contributed by atoms with Gasteiger partial charge in [0.05, 0.1) is 12.7 Å². The molecule has 1 aromatic heterocycles. The number of carbonyl (C=O) groups excluding carboxylic acids is 2. The van der Waals surface area contributed by atoms with Crippen molar-refractivity contribution in [1.82, 2.24) is 15.3 Å². The van der Waals surface area contributed by atoms with Crippen LogP contribution in [0.3, 0.4) is 0 Å². The minimum absolute atomic E-state index is 0.231. The van der Waals surface area contributed by atoms with Crippen LogP contribution < -0.4 is 10.6 Å². The Kier molecular flexibility index (Phi) is 6.45. The number of anilines is 2. The minimum Gasteiger partial charge on any atom is -0.465 e. The lowest BCUT2D eigenvalue weighted by molar-refractivity contribution is 0.0600. The Labute approximate surface area is 146 Å². The van der Waals surface area contributed by atoms with Crippen LogP contribution in [-0.2, 0) is 4.74 Å². The van der Waals surface area contributed by atoms with Gasteiger partial charge in [-0.2, -0.15) is 0 Å². The molecule has 1 aromatic carbocycles. The van der Waals surface area contributed by atoms with Crippen LogP contribution in [0, 0.1) is 6.92 Å². The number of nitrogens with one attached hydrogen (secondary N) is 2. The van der Waals surface area contributed by atoms with Crippen LogP contribution in [0.2, 0.25) is 0 Å². The van der Waals surface area contributed by atoms with Crippen molar-refractivity contribution in [2.24, 2.45) is 0 Å². The van der Waals surface area contributed by atoms with Crippen LogP contribution in [0.1, 0.15) is 46.3 Å². The van der Waals surface area contributed by atoms with Crippen LogP contribution in [0.15, 0.2) is 30.3 Å². The number of hydrogen-bond donors (Lipinski definition) is 2. The monoisotopic (exact) mass is 342 g/mol. The van der Waals surface area contributed by atoms with Crippen molar-refractivity contribution >= 4 is 23.5 Å². The molecule has 0 atom stereocenters. The average Bonchev–Trinajstić information content (AvgIpc) is 2.61. The first kappa shape index (κ1) is 18.4. The Morgan fingerprint density at radius 2 is 2.00 bits per heavy atom. The van der Waals surface area contributed by atoms with E-state index in [1.807, 2.05) is 0 Å². The van der Waals surface area contributed by atoms with Crippen molar-refractivity contribution in [1.29, 1.82) is 0 Å². The van der Waals surface area contributed by atoms with Gasteiger partial charge in [0.2, 0.25) is 5.95 Å².